The summed E-state index contributed by atoms with van der Waals surface area (Å²) in [6.45, 7) is 8.92. The summed E-state index contributed by atoms with van der Waals surface area (Å²) >= 11 is 0. The molecule has 0 saturated heterocycles. The van der Waals surface area contributed by atoms with E-state index in [1.165, 1.54) is 56.0 Å². The summed E-state index contributed by atoms with van der Waals surface area (Å²) in [4.78, 5) is 0. The van der Waals surface area contributed by atoms with E-state index in [0.717, 1.165) is 42.6 Å². The third kappa shape index (κ3) is 2.94. The minimum absolute atomic E-state index is 0. The van der Waals surface area contributed by atoms with Crippen molar-refractivity contribution < 1.29 is 26.6 Å². The number of quaternary nitrogens is 1. The summed E-state index contributed by atoms with van der Waals surface area (Å²) in [5.41, 5.74) is 1.09. The van der Waals surface area contributed by atoms with Gasteiger partial charge in [-0.15, -0.1) is 0 Å². The Morgan fingerprint density at radius 1 is 0.885 bits per heavy atom. The molecule has 0 aliphatic heterocycles. The van der Waals surface area contributed by atoms with Gasteiger partial charge in [-0.2, -0.15) is 0 Å². The van der Waals surface area contributed by atoms with E-state index in [0.29, 0.717) is 10.8 Å². The zero-order chi connectivity index (χ0) is 18.0. The standard InChI is InChI=1S/C23H42NO.BrH/c1-6-24(4,5)21-10-9-19-18-8-7-16-15-17(25)11-13-22(16,2)20(18)12-14-23(19,21)3;/h16-21,25H,6-15H2,1-5H3;1H/q+1;/p-1/t16-,17-,18-,19-,20-,21-,22-,23-;/m0./s1. The average molecular weight is 428 g/mol. The highest BCUT2D eigenvalue weighted by atomic mass is 79.9. The van der Waals surface area contributed by atoms with Gasteiger partial charge in [0, 0.05) is 11.8 Å². The summed E-state index contributed by atoms with van der Waals surface area (Å²) in [7, 11) is 4.95. The van der Waals surface area contributed by atoms with E-state index in [-0.39, 0.29) is 23.1 Å². The number of fused-ring (bicyclic) bond motifs is 5. The van der Waals surface area contributed by atoms with Crippen molar-refractivity contribution in [2.75, 3.05) is 20.6 Å². The van der Waals surface area contributed by atoms with E-state index < -0.39 is 0 Å². The largest absolute Gasteiger partial charge is 1.00 e. The molecule has 4 fully saturated rings. The number of aliphatic hydroxyl groups is 1. The molecule has 26 heavy (non-hydrogen) atoms. The molecule has 3 heteroatoms. The number of aliphatic hydroxyl groups excluding tert-OH is 1. The van der Waals surface area contributed by atoms with Gasteiger partial charge in [-0.3, -0.25) is 0 Å². The number of hydrogen-bond acceptors (Lipinski definition) is 1. The van der Waals surface area contributed by atoms with Gasteiger partial charge in [0.15, 0.2) is 0 Å². The topological polar surface area (TPSA) is 20.2 Å². The molecular formula is C23H42BrNO. The molecule has 0 spiro atoms. The zero-order valence-corrected chi connectivity index (χ0v) is 19.4. The molecule has 152 valence electrons. The van der Waals surface area contributed by atoms with E-state index in [2.05, 4.69) is 34.9 Å². The monoisotopic (exact) mass is 427 g/mol. The van der Waals surface area contributed by atoms with Crippen molar-refractivity contribution in [2.45, 2.75) is 90.7 Å². The van der Waals surface area contributed by atoms with Crippen LogP contribution in [0.25, 0.3) is 0 Å². The van der Waals surface area contributed by atoms with Crippen LogP contribution in [0.15, 0.2) is 0 Å². The van der Waals surface area contributed by atoms with Crippen LogP contribution in [0.2, 0.25) is 0 Å². The Morgan fingerprint density at radius 2 is 1.54 bits per heavy atom. The minimum Gasteiger partial charge on any atom is -1.00 e. The first kappa shape index (κ1) is 21.1. The Balaban J connectivity index is 0.00000196. The molecule has 4 rings (SSSR count). The first-order chi connectivity index (χ1) is 11.7. The molecule has 0 unspecified atom stereocenters. The highest BCUT2D eigenvalue weighted by Gasteiger charge is 2.62. The fraction of sp³-hybridized carbons (Fsp3) is 1.00. The van der Waals surface area contributed by atoms with Crippen molar-refractivity contribution in [3.63, 3.8) is 0 Å². The van der Waals surface area contributed by atoms with Crippen molar-refractivity contribution >= 4 is 0 Å². The Hall–Kier alpha value is 0.400. The maximum Gasteiger partial charge on any atom is 0.0943 e. The molecule has 0 aromatic heterocycles. The zero-order valence-electron chi connectivity index (χ0n) is 17.8. The first-order valence-electron chi connectivity index (χ1n) is 11.2. The molecule has 4 aliphatic carbocycles. The van der Waals surface area contributed by atoms with Gasteiger partial charge < -0.3 is 26.6 Å². The second-order valence-corrected chi connectivity index (χ2v) is 11.3. The smallest absolute Gasteiger partial charge is 0.0943 e. The Labute approximate surface area is 172 Å². The lowest BCUT2D eigenvalue weighted by Crippen LogP contribution is -3.00. The highest BCUT2D eigenvalue weighted by molar-refractivity contribution is 5.09. The molecule has 0 aromatic rings. The lowest BCUT2D eigenvalue weighted by Gasteiger charge is -2.61. The van der Waals surface area contributed by atoms with Gasteiger partial charge in [0.1, 0.15) is 0 Å². The van der Waals surface area contributed by atoms with Crippen molar-refractivity contribution in [2.24, 2.45) is 34.5 Å². The summed E-state index contributed by atoms with van der Waals surface area (Å²) < 4.78 is 1.22. The number of halogens is 1. The maximum absolute atomic E-state index is 10.2. The number of nitrogens with zero attached hydrogens (tertiary/aromatic N) is 1. The van der Waals surface area contributed by atoms with Crippen molar-refractivity contribution in [3.05, 3.63) is 0 Å². The number of hydrogen-bond donors (Lipinski definition) is 1. The van der Waals surface area contributed by atoms with Gasteiger partial charge in [-0.25, -0.2) is 0 Å². The van der Waals surface area contributed by atoms with Crippen molar-refractivity contribution in [1.82, 2.24) is 0 Å². The van der Waals surface area contributed by atoms with Crippen LogP contribution >= 0.6 is 0 Å². The molecule has 0 aromatic carbocycles. The average Bonchev–Trinajstić information content (AvgIpc) is 2.93. The molecule has 0 bridgehead atoms. The van der Waals surface area contributed by atoms with Gasteiger partial charge in [-0.1, -0.05) is 13.8 Å². The predicted molar refractivity (Wildman–Crippen MR) is 104 cm³/mol. The molecule has 4 saturated carbocycles. The van der Waals surface area contributed by atoms with Gasteiger partial charge >= 0.3 is 0 Å². The Bertz CT molecular complexity index is 522. The van der Waals surface area contributed by atoms with E-state index in [4.69, 9.17) is 0 Å². The molecule has 4 aliphatic rings. The first-order valence-corrected chi connectivity index (χ1v) is 11.2. The van der Waals surface area contributed by atoms with Crippen LogP contribution in [0.3, 0.4) is 0 Å². The van der Waals surface area contributed by atoms with E-state index in [1.54, 1.807) is 0 Å². The van der Waals surface area contributed by atoms with Crippen molar-refractivity contribution in [1.29, 1.82) is 0 Å². The molecule has 0 amide bonds. The molecular weight excluding hydrogens is 386 g/mol. The Kier molecular flexibility index (Phi) is 5.70. The molecule has 2 nitrogen and oxygen atoms in total. The third-order valence-corrected chi connectivity index (χ3v) is 10.2. The van der Waals surface area contributed by atoms with Gasteiger partial charge in [0.25, 0.3) is 0 Å². The fourth-order valence-corrected chi connectivity index (χ4v) is 8.58. The number of rotatable bonds is 2. The SMILES string of the molecule is CC[N+](C)(C)[C@H]1CC[C@H]2[C@@H]3CC[C@H]4C[C@@H](O)CC[C@]4(C)[C@H]3CC[C@@]21C.[Br-]. The highest BCUT2D eigenvalue weighted by Crippen LogP contribution is 2.67. The van der Waals surface area contributed by atoms with E-state index in [9.17, 15) is 5.11 Å². The molecule has 0 heterocycles. The van der Waals surface area contributed by atoms with Crippen LogP contribution in [0.4, 0.5) is 0 Å². The maximum atomic E-state index is 10.2. The molecule has 1 N–H and O–H groups in total. The van der Waals surface area contributed by atoms with E-state index in [1.807, 2.05) is 0 Å². The van der Waals surface area contributed by atoms with Crippen LogP contribution < -0.4 is 17.0 Å². The van der Waals surface area contributed by atoms with Crippen LogP contribution in [-0.2, 0) is 0 Å². The fourth-order valence-electron chi connectivity index (χ4n) is 8.58. The second kappa shape index (κ2) is 7.02. The summed E-state index contributed by atoms with van der Waals surface area (Å²) in [6.07, 6.45) is 12.1. The normalized spacial score (nSPS) is 51.0. The lowest BCUT2D eigenvalue weighted by atomic mass is 9.45. The summed E-state index contributed by atoms with van der Waals surface area (Å²) in [5, 5.41) is 10.2. The Morgan fingerprint density at radius 3 is 2.23 bits per heavy atom. The van der Waals surface area contributed by atoms with Gasteiger partial charge in [0.2, 0.25) is 0 Å². The molecule has 8 atom stereocenters. The van der Waals surface area contributed by atoms with Crippen LogP contribution in [-0.4, -0.2) is 42.4 Å². The van der Waals surface area contributed by atoms with Gasteiger partial charge in [-0.05, 0) is 87.4 Å². The third-order valence-electron chi connectivity index (χ3n) is 10.2. The van der Waals surface area contributed by atoms with Gasteiger partial charge in [0.05, 0.1) is 32.8 Å². The summed E-state index contributed by atoms with van der Waals surface area (Å²) in [5.74, 6) is 3.66. The van der Waals surface area contributed by atoms with Crippen LogP contribution in [0.1, 0.15) is 78.6 Å². The van der Waals surface area contributed by atoms with Crippen molar-refractivity contribution in [3.8, 4) is 0 Å². The van der Waals surface area contributed by atoms with E-state index >= 15 is 0 Å². The van der Waals surface area contributed by atoms with Crippen LogP contribution in [0, 0.1) is 34.5 Å². The minimum atomic E-state index is -0.0120. The summed E-state index contributed by atoms with van der Waals surface area (Å²) in [6, 6.07) is 0.863. The second-order valence-electron chi connectivity index (χ2n) is 11.3. The lowest BCUT2D eigenvalue weighted by molar-refractivity contribution is -0.920. The predicted octanol–water partition coefficient (Wildman–Crippen LogP) is 1.86. The quantitative estimate of drug-likeness (QED) is 0.666. The molecule has 0 radical (unpaired) electrons. The van der Waals surface area contributed by atoms with Crippen LogP contribution in [0.5, 0.6) is 0 Å².